The van der Waals surface area contributed by atoms with Crippen molar-refractivity contribution in [2.24, 2.45) is 28.6 Å². The van der Waals surface area contributed by atoms with Crippen molar-refractivity contribution in [3.05, 3.63) is 53.7 Å². The van der Waals surface area contributed by atoms with E-state index in [0.29, 0.717) is 36.3 Å². The zero-order valence-corrected chi connectivity index (χ0v) is 31.2. The standard InChI is InChI=1S/C37H50N6O2.C4H4O4/c1-36-13-11-27(44)23-26(36)7-8-28-29-9-10-31(37(29,2)14-12-30(28)36)32(45)25-40-19-21-42(22-20-40)34-24-33(41-15-3-4-16-41)38-35(39-34)43-17-5-6-18-43;5-3(6)1-2-4(7)8/h11-13,23-24,28-29,31H,3-10,14-22,25H2,1-2H3;1-2H,(H,5,6)(H,7,8)/b;2-1-/t28-,29-,31+,36-,37-;/m0./s1. The summed E-state index contributed by atoms with van der Waals surface area (Å²) in [5.74, 6) is 2.31. The SMILES string of the molecule is C[C@]12C=CC(=O)C=C1CC[C@@H]1C2=CC[C@]2(C)[C@@H](C(=O)CN3CCN(c4cc(N5CCCC5)nc(N5CCCC5)n4)CC3)CC[C@@H]12.O=C(O)/C=C\C(=O)O. The van der Waals surface area contributed by atoms with Crippen LogP contribution in [-0.2, 0) is 19.2 Å². The van der Waals surface area contributed by atoms with Gasteiger partial charge in [-0.25, -0.2) is 9.59 Å². The van der Waals surface area contributed by atoms with E-state index in [0.717, 1.165) is 102 Å². The number of anilines is 3. The predicted octanol–water partition coefficient (Wildman–Crippen LogP) is 4.92. The van der Waals surface area contributed by atoms with Crippen molar-refractivity contribution in [3.63, 3.8) is 0 Å². The number of allylic oxidation sites excluding steroid dienone is 6. The van der Waals surface area contributed by atoms with E-state index in [2.05, 4.69) is 51.7 Å². The Kier molecular flexibility index (Phi) is 10.6. The lowest BCUT2D eigenvalue weighted by Gasteiger charge is -2.52. The number of ketones is 2. The van der Waals surface area contributed by atoms with E-state index < -0.39 is 11.9 Å². The van der Waals surface area contributed by atoms with E-state index in [1.165, 1.54) is 36.8 Å². The summed E-state index contributed by atoms with van der Waals surface area (Å²) in [7, 11) is 0. The fraction of sp³-hybridized carbons (Fsp3) is 0.610. The zero-order chi connectivity index (χ0) is 37.3. The molecule has 3 aliphatic heterocycles. The maximum atomic E-state index is 14.0. The van der Waals surface area contributed by atoms with Crippen molar-refractivity contribution in [1.82, 2.24) is 14.9 Å². The van der Waals surface area contributed by atoms with Gasteiger partial charge >= 0.3 is 11.9 Å². The molecule has 2 saturated carbocycles. The third-order valence-corrected chi connectivity index (χ3v) is 13.3. The maximum absolute atomic E-state index is 14.0. The second-order valence-electron chi connectivity index (χ2n) is 16.4. The molecule has 3 saturated heterocycles. The Balaban J connectivity index is 0.000000491. The third-order valence-electron chi connectivity index (χ3n) is 13.3. The van der Waals surface area contributed by atoms with Gasteiger partial charge in [0.1, 0.15) is 17.4 Å². The Morgan fingerprint density at radius 2 is 1.43 bits per heavy atom. The highest BCUT2D eigenvalue weighted by atomic mass is 16.4. The van der Waals surface area contributed by atoms with Gasteiger partial charge in [-0.15, -0.1) is 0 Å². The molecule has 0 amide bonds. The number of carbonyl (C=O) groups excluding carboxylic acids is 2. The van der Waals surface area contributed by atoms with E-state index in [1.807, 2.05) is 6.08 Å². The van der Waals surface area contributed by atoms with Crippen molar-refractivity contribution < 1.29 is 29.4 Å². The Morgan fingerprint density at radius 3 is 2.06 bits per heavy atom. The first-order chi connectivity index (χ1) is 25.4. The number of Topliss-reactive ketones (excluding diaryl/α,β-unsaturated/α-hetero) is 1. The summed E-state index contributed by atoms with van der Waals surface area (Å²) >= 11 is 0. The lowest BCUT2D eigenvalue weighted by Crippen LogP contribution is -2.50. The highest BCUT2D eigenvalue weighted by Crippen LogP contribution is 2.64. The highest BCUT2D eigenvalue weighted by Gasteiger charge is 2.57. The van der Waals surface area contributed by atoms with E-state index >= 15 is 0 Å². The van der Waals surface area contributed by atoms with E-state index in [9.17, 15) is 19.2 Å². The van der Waals surface area contributed by atoms with Crippen molar-refractivity contribution in [1.29, 1.82) is 0 Å². The molecule has 284 valence electrons. The second-order valence-corrected chi connectivity index (χ2v) is 16.4. The van der Waals surface area contributed by atoms with E-state index in [-0.39, 0.29) is 22.5 Å². The van der Waals surface area contributed by atoms with Gasteiger partial charge in [-0.05, 0) is 94.1 Å². The van der Waals surface area contributed by atoms with Crippen LogP contribution in [-0.4, -0.2) is 107 Å². The fourth-order valence-corrected chi connectivity index (χ4v) is 10.4. The van der Waals surface area contributed by atoms with Crippen LogP contribution in [0.15, 0.2) is 53.7 Å². The fourth-order valence-electron chi connectivity index (χ4n) is 10.4. The van der Waals surface area contributed by atoms with Gasteiger partial charge in [0.05, 0.1) is 6.54 Å². The number of hydrogen-bond acceptors (Lipinski definition) is 10. The van der Waals surface area contributed by atoms with Crippen LogP contribution in [0, 0.1) is 28.6 Å². The molecule has 8 rings (SSSR count). The molecule has 0 aromatic carbocycles. The zero-order valence-electron chi connectivity index (χ0n) is 31.2. The van der Waals surface area contributed by atoms with Crippen LogP contribution in [0.25, 0.3) is 0 Å². The molecule has 53 heavy (non-hydrogen) atoms. The number of fused-ring (bicyclic) bond motifs is 5. The number of carboxylic acids is 2. The minimum absolute atomic E-state index is 0.0394. The topological polar surface area (TPSA) is 147 Å². The van der Waals surface area contributed by atoms with Crippen molar-refractivity contribution in [3.8, 4) is 0 Å². The van der Waals surface area contributed by atoms with Crippen LogP contribution in [0.3, 0.4) is 0 Å². The molecule has 2 N–H and O–H groups in total. The van der Waals surface area contributed by atoms with Crippen molar-refractivity contribution >= 4 is 41.1 Å². The monoisotopic (exact) mass is 726 g/mol. The molecular weight excluding hydrogens is 672 g/mol. The first kappa shape index (κ1) is 37.0. The van der Waals surface area contributed by atoms with Gasteiger partial charge in [-0.2, -0.15) is 9.97 Å². The summed E-state index contributed by atoms with van der Waals surface area (Å²) in [5.41, 5.74) is 2.72. The number of carbonyl (C=O) groups is 4. The van der Waals surface area contributed by atoms with Crippen molar-refractivity contribution in [2.75, 3.05) is 73.6 Å². The van der Waals surface area contributed by atoms with Gasteiger partial charge in [0, 0.05) is 81.9 Å². The number of hydrogen-bond donors (Lipinski definition) is 2. The largest absolute Gasteiger partial charge is 0.478 e. The van der Waals surface area contributed by atoms with Crippen LogP contribution >= 0.6 is 0 Å². The van der Waals surface area contributed by atoms with Gasteiger partial charge in [-0.1, -0.05) is 30.2 Å². The first-order valence-electron chi connectivity index (χ1n) is 19.6. The summed E-state index contributed by atoms with van der Waals surface area (Å²) in [6, 6.07) is 2.21. The summed E-state index contributed by atoms with van der Waals surface area (Å²) in [6.45, 7) is 13.1. The summed E-state index contributed by atoms with van der Waals surface area (Å²) in [6.07, 6.45) is 19.6. The Morgan fingerprint density at radius 1 is 0.830 bits per heavy atom. The van der Waals surface area contributed by atoms with E-state index in [1.54, 1.807) is 6.08 Å². The van der Waals surface area contributed by atoms with Crippen LogP contribution in [0.2, 0.25) is 0 Å². The molecule has 1 aromatic rings. The lowest BCUT2D eigenvalue weighted by atomic mass is 9.52. The maximum Gasteiger partial charge on any atom is 0.328 e. The number of piperazine rings is 1. The van der Waals surface area contributed by atoms with Gasteiger partial charge in [0.15, 0.2) is 5.78 Å². The number of aromatic nitrogens is 2. The quantitative estimate of drug-likeness (QED) is 0.277. The second kappa shape index (κ2) is 15.2. The molecule has 1 aromatic heterocycles. The number of carboxylic acid groups (broad SMARTS) is 2. The average Bonchev–Trinajstić information content (AvgIpc) is 3.94. The minimum atomic E-state index is -1.26. The number of rotatable bonds is 8. The summed E-state index contributed by atoms with van der Waals surface area (Å²) < 4.78 is 0. The molecule has 7 aliphatic rings. The number of nitrogens with zero attached hydrogens (tertiary/aromatic N) is 6. The van der Waals surface area contributed by atoms with Crippen LogP contribution in [0.5, 0.6) is 0 Å². The Hall–Kier alpha value is -4.32. The molecule has 4 aliphatic carbocycles. The van der Waals surface area contributed by atoms with Gasteiger partial charge in [0.25, 0.3) is 0 Å². The molecule has 12 heteroatoms. The van der Waals surface area contributed by atoms with Crippen molar-refractivity contribution in [2.45, 2.75) is 71.6 Å². The summed E-state index contributed by atoms with van der Waals surface area (Å²) in [5, 5.41) is 15.6. The van der Waals surface area contributed by atoms with Crippen LogP contribution in [0.1, 0.15) is 71.6 Å². The smallest absolute Gasteiger partial charge is 0.328 e. The molecule has 4 heterocycles. The Labute approximate surface area is 312 Å². The third kappa shape index (κ3) is 7.57. The molecular formula is C41H54N6O6. The lowest BCUT2D eigenvalue weighted by molar-refractivity contribution is -0.134. The first-order valence-corrected chi connectivity index (χ1v) is 19.6. The molecule has 5 atom stereocenters. The minimum Gasteiger partial charge on any atom is -0.478 e. The molecule has 0 bridgehead atoms. The normalized spacial score (nSPS) is 31.0. The van der Waals surface area contributed by atoms with E-state index in [4.69, 9.17) is 20.2 Å². The Bertz CT molecular complexity index is 1680. The molecule has 0 unspecified atom stereocenters. The van der Waals surface area contributed by atoms with Gasteiger partial charge in [0.2, 0.25) is 5.95 Å². The summed E-state index contributed by atoms with van der Waals surface area (Å²) in [4.78, 5) is 64.9. The molecule has 0 radical (unpaired) electrons. The van der Waals surface area contributed by atoms with Gasteiger partial charge in [-0.3, -0.25) is 14.5 Å². The molecule has 5 fully saturated rings. The van der Waals surface area contributed by atoms with Gasteiger partial charge < -0.3 is 24.9 Å². The predicted molar refractivity (Wildman–Crippen MR) is 203 cm³/mol. The van der Waals surface area contributed by atoms with Crippen LogP contribution in [0.4, 0.5) is 17.6 Å². The van der Waals surface area contributed by atoms with Crippen LogP contribution < -0.4 is 14.7 Å². The molecule has 0 spiro atoms. The molecule has 12 nitrogen and oxygen atoms in total. The highest BCUT2D eigenvalue weighted by molar-refractivity contribution is 6.01. The number of aliphatic carboxylic acids is 2. The average molecular weight is 727 g/mol.